The molecule has 0 aliphatic carbocycles. The summed E-state index contributed by atoms with van der Waals surface area (Å²) >= 11 is 0. The van der Waals surface area contributed by atoms with Gasteiger partial charge in [0.15, 0.2) is 0 Å². The Labute approximate surface area is 123 Å². The predicted octanol–water partition coefficient (Wildman–Crippen LogP) is 1.50. The van der Waals surface area contributed by atoms with Crippen molar-refractivity contribution in [3.63, 3.8) is 0 Å². The summed E-state index contributed by atoms with van der Waals surface area (Å²) < 4.78 is 38.3. The Morgan fingerprint density at radius 1 is 1.36 bits per heavy atom. The highest BCUT2D eigenvalue weighted by Crippen LogP contribution is 2.33. The number of hydrogen-bond acceptors (Lipinski definition) is 3. The SMILES string of the molecule is Cc1ccc(NC(=O)CN2CC(=O)NC2=O)cc1C(F)(F)F. The first-order chi connectivity index (χ1) is 10.2. The predicted molar refractivity (Wildman–Crippen MR) is 69.9 cm³/mol. The molecular formula is C13H12F3N3O3. The Morgan fingerprint density at radius 2 is 2.05 bits per heavy atom. The molecule has 118 valence electrons. The van der Waals surface area contributed by atoms with E-state index in [4.69, 9.17) is 0 Å². The summed E-state index contributed by atoms with van der Waals surface area (Å²) in [6.07, 6.45) is -4.52. The maximum atomic E-state index is 12.8. The van der Waals surface area contributed by atoms with Gasteiger partial charge in [0.2, 0.25) is 11.8 Å². The summed E-state index contributed by atoms with van der Waals surface area (Å²) in [5.74, 6) is -1.23. The normalized spacial score (nSPS) is 15.0. The van der Waals surface area contributed by atoms with E-state index < -0.39 is 36.1 Å². The average Bonchev–Trinajstić information content (AvgIpc) is 2.68. The number of urea groups is 1. The summed E-state index contributed by atoms with van der Waals surface area (Å²) in [6.45, 7) is 0.634. The maximum absolute atomic E-state index is 12.8. The van der Waals surface area contributed by atoms with Crippen LogP contribution in [0.15, 0.2) is 18.2 Å². The molecule has 1 aliphatic rings. The third-order valence-electron chi connectivity index (χ3n) is 3.03. The van der Waals surface area contributed by atoms with E-state index in [2.05, 4.69) is 5.32 Å². The molecule has 1 saturated heterocycles. The minimum atomic E-state index is -4.52. The lowest BCUT2D eigenvalue weighted by Crippen LogP contribution is -2.35. The van der Waals surface area contributed by atoms with Gasteiger partial charge in [-0.2, -0.15) is 13.2 Å². The number of halogens is 3. The van der Waals surface area contributed by atoms with Crippen LogP contribution in [0.2, 0.25) is 0 Å². The minimum absolute atomic E-state index is 0.0335. The van der Waals surface area contributed by atoms with Crippen molar-refractivity contribution in [1.82, 2.24) is 10.2 Å². The summed E-state index contributed by atoms with van der Waals surface area (Å²) in [5.41, 5.74) is -0.844. The number of carbonyl (C=O) groups excluding carboxylic acids is 3. The lowest BCUT2D eigenvalue weighted by Gasteiger charge is -2.15. The molecule has 4 amide bonds. The number of amides is 4. The van der Waals surface area contributed by atoms with Gasteiger partial charge in [-0.25, -0.2) is 4.79 Å². The first-order valence-corrected chi connectivity index (χ1v) is 6.23. The van der Waals surface area contributed by atoms with Gasteiger partial charge < -0.3 is 10.2 Å². The molecule has 0 atom stereocenters. The Bertz CT molecular complexity index is 643. The van der Waals surface area contributed by atoms with Crippen molar-refractivity contribution >= 4 is 23.5 Å². The van der Waals surface area contributed by atoms with Crippen LogP contribution >= 0.6 is 0 Å². The molecule has 22 heavy (non-hydrogen) atoms. The number of rotatable bonds is 3. The summed E-state index contributed by atoms with van der Waals surface area (Å²) in [4.78, 5) is 34.9. The molecule has 0 bridgehead atoms. The van der Waals surface area contributed by atoms with Gasteiger partial charge in [-0.15, -0.1) is 0 Å². The van der Waals surface area contributed by atoms with E-state index in [1.54, 1.807) is 0 Å². The van der Waals surface area contributed by atoms with Gasteiger partial charge >= 0.3 is 12.2 Å². The minimum Gasteiger partial charge on any atom is -0.325 e. The number of aryl methyl sites for hydroxylation is 1. The van der Waals surface area contributed by atoms with Crippen molar-refractivity contribution in [2.75, 3.05) is 18.4 Å². The van der Waals surface area contributed by atoms with Crippen LogP contribution in [0.4, 0.5) is 23.7 Å². The summed E-state index contributed by atoms with van der Waals surface area (Å²) in [5, 5.41) is 4.26. The highest BCUT2D eigenvalue weighted by molar-refractivity contribution is 6.04. The van der Waals surface area contributed by atoms with E-state index in [-0.39, 0.29) is 17.8 Å². The van der Waals surface area contributed by atoms with Gasteiger partial charge in [-0.3, -0.25) is 14.9 Å². The molecule has 0 aromatic heterocycles. The van der Waals surface area contributed by atoms with Crippen LogP contribution < -0.4 is 10.6 Å². The Kier molecular flexibility index (Phi) is 4.07. The number of carbonyl (C=O) groups is 3. The fourth-order valence-corrected chi connectivity index (χ4v) is 1.99. The fourth-order valence-electron chi connectivity index (χ4n) is 1.99. The molecule has 6 nitrogen and oxygen atoms in total. The highest BCUT2D eigenvalue weighted by atomic mass is 19.4. The number of anilines is 1. The first kappa shape index (κ1) is 15.8. The van der Waals surface area contributed by atoms with Gasteiger partial charge in [-0.1, -0.05) is 6.07 Å². The Morgan fingerprint density at radius 3 is 2.59 bits per heavy atom. The van der Waals surface area contributed by atoms with Crippen LogP contribution in [0, 0.1) is 6.92 Å². The van der Waals surface area contributed by atoms with E-state index in [1.807, 2.05) is 5.32 Å². The Hall–Kier alpha value is -2.58. The van der Waals surface area contributed by atoms with Crippen LogP contribution in [0.3, 0.4) is 0 Å². The van der Waals surface area contributed by atoms with Gasteiger partial charge in [0.25, 0.3) is 0 Å². The molecule has 0 radical (unpaired) electrons. The van der Waals surface area contributed by atoms with Crippen LogP contribution in [-0.4, -0.2) is 35.8 Å². The van der Waals surface area contributed by atoms with Crippen LogP contribution in [-0.2, 0) is 15.8 Å². The van der Waals surface area contributed by atoms with Crippen molar-refractivity contribution in [1.29, 1.82) is 0 Å². The smallest absolute Gasteiger partial charge is 0.325 e. The molecule has 2 N–H and O–H groups in total. The van der Waals surface area contributed by atoms with E-state index in [9.17, 15) is 27.6 Å². The largest absolute Gasteiger partial charge is 0.416 e. The quantitative estimate of drug-likeness (QED) is 0.830. The molecule has 1 aromatic rings. The number of nitrogens with one attached hydrogen (secondary N) is 2. The molecule has 1 fully saturated rings. The van der Waals surface area contributed by atoms with Crippen molar-refractivity contribution in [3.05, 3.63) is 29.3 Å². The zero-order valence-corrected chi connectivity index (χ0v) is 11.5. The third-order valence-corrected chi connectivity index (χ3v) is 3.03. The highest BCUT2D eigenvalue weighted by Gasteiger charge is 2.33. The van der Waals surface area contributed by atoms with Crippen LogP contribution in [0.25, 0.3) is 0 Å². The second kappa shape index (κ2) is 5.66. The van der Waals surface area contributed by atoms with Gasteiger partial charge in [0.05, 0.1) is 5.56 Å². The number of imide groups is 1. The van der Waals surface area contributed by atoms with E-state index in [1.165, 1.54) is 19.1 Å². The maximum Gasteiger partial charge on any atom is 0.416 e. The lowest BCUT2D eigenvalue weighted by atomic mass is 10.1. The van der Waals surface area contributed by atoms with Crippen molar-refractivity contribution in [2.24, 2.45) is 0 Å². The monoisotopic (exact) mass is 315 g/mol. The third kappa shape index (κ3) is 3.54. The second-order valence-electron chi connectivity index (χ2n) is 4.79. The topological polar surface area (TPSA) is 78.5 Å². The first-order valence-electron chi connectivity index (χ1n) is 6.23. The van der Waals surface area contributed by atoms with Crippen LogP contribution in [0.1, 0.15) is 11.1 Å². The lowest BCUT2D eigenvalue weighted by molar-refractivity contribution is -0.138. The van der Waals surface area contributed by atoms with E-state index in [0.29, 0.717) is 0 Å². The van der Waals surface area contributed by atoms with Crippen LogP contribution in [0.5, 0.6) is 0 Å². The summed E-state index contributed by atoms with van der Waals surface area (Å²) in [7, 11) is 0. The number of nitrogens with zero attached hydrogens (tertiary/aromatic N) is 1. The standard InChI is InChI=1S/C13H12F3N3O3/c1-7-2-3-8(4-9(7)13(14,15)16)17-10(20)5-19-6-11(21)18-12(19)22/h2-4H,5-6H2,1H3,(H,17,20)(H,18,21,22). The van der Waals surface area contributed by atoms with E-state index >= 15 is 0 Å². The summed E-state index contributed by atoms with van der Waals surface area (Å²) in [6, 6.07) is 2.69. The number of hydrogen-bond donors (Lipinski definition) is 2. The van der Waals surface area contributed by atoms with E-state index in [0.717, 1.165) is 11.0 Å². The molecule has 2 rings (SSSR count). The van der Waals surface area contributed by atoms with Crippen molar-refractivity contribution < 1.29 is 27.6 Å². The molecule has 1 heterocycles. The van der Waals surface area contributed by atoms with Crippen molar-refractivity contribution in [2.45, 2.75) is 13.1 Å². The number of benzene rings is 1. The molecule has 1 aliphatic heterocycles. The average molecular weight is 315 g/mol. The molecule has 0 saturated carbocycles. The molecular weight excluding hydrogens is 303 g/mol. The number of alkyl halides is 3. The van der Waals surface area contributed by atoms with Crippen molar-refractivity contribution in [3.8, 4) is 0 Å². The fraction of sp³-hybridized carbons (Fsp3) is 0.308. The zero-order valence-electron chi connectivity index (χ0n) is 11.5. The molecule has 9 heteroatoms. The Balaban J connectivity index is 2.06. The second-order valence-corrected chi connectivity index (χ2v) is 4.79. The zero-order chi connectivity index (χ0) is 16.5. The molecule has 0 spiro atoms. The van der Waals surface area contributed by atoms with Gasteiger partial charge in [0.1, 0.15) is 13.1 Å². The van der Waals surface area contributed by atoms with Gasteiger partial charge in [-0.05, 0) is 24.6 Å². The van der Waals surface area contributed by atoms with Gasteiger partial charge in [0, 0.05) is 5.69 Å². The molecule has 0 unspecified atom stereocenters. The molecule has 1 aromatic carbocycles.